The topological polar surface area (TPSA) is 62.3 Å². The second-order valence-corrected chi connectivity index (χ2v) is 6.81. The normalized spacial score (nSPS) is 21.2. The lowest BCUT2D eigenvalue weighted by molar-refractivity contribution is -0.182. The fourth-order valence-corrected chi connectivity index (χ4v) is 3.73. The maximum absolute atomic E-state index is 12.8. The van der Waals surface area contributed by atoms with Gasteiger partial charge in [0.15, 0.2) is 0 Å². The third kappa shape index (κ3) is 3.46. The molecule has 0 spiro atoms. The van der Waals surface area contributed by atoms with Gasteiger partial charge in [0.1, 0.15) is 10.7 Å². The van der Waals surface area contributed by atoms with Gasteiger partial charge in [-0.3, -0.25) is 0 Å². The molecular formula is C12H16F3N3O2S. The molecule has 1 atom stereocenters. The average Bonchev–Trinajstić information content (AvgIpc) is 2.46. The van der Waals surface area contributed by atoms with Gasteiger partial charge in [-0.25, -0.2) is 13.4 Å². The van der Waals surface area contributed by atoms with Crippen molar-refractivity contribution in [2.75, 3.05) is 25.5 Å². The van der Waals surface area contributed by atoms with E-state index in [1.54, 1.807) is 7.05 Å². The third-order valence-corrected chi connectivity index (χ3v) is 5.33. The molecule has 0 saturated carbocycles. The van der Waals surface area contributed by atoms with Crippen molar-refractivity contribution in [3.8, 4) is 0 Å². The summed E-state index contributed by atoms with van der Waals surface area (Å²) >= 11 is 0. The first-order valence-electron chi connectivity index (χ1n) is 6.46. The van der Waals surface area contributed by atoms with Gasteiger partial charge >= 0.3 is 6.18 Å². The monoisotopic (exact) mass is 323 g/mol. The van der Waals surface area contributed by atoms with Crippen LogP contribution in [0.4, 0.5) is 19.0 Å². The second kappa shape index (κ2) is 5.80. The van der Waals surface area contributed by atoms with Crippen molar-refractivity contribution in [1.29, 1.82) is 0 Å². The van der Waals surface area contributed by atoms with E-state index in [0.717, 1.165) is 10.5 Å². The van der Waals surface area contributed by atoms with Crippen molar-refractivity contribution in [2.45, 2.75) is 23.9 Å². The summed E-state index contributed by atoms with van der Waals surface area (Å²) in [4.78, 5) is 3.79. The molecule has 0 aromatic carbocycles. The largest absolute Gasteiger partial charge is 0.393 e. The number of anilines is 1. The Hall–Kier alpha value is -1.35. The van der Waals surface area contributed by atoms with E-state index in [9.17, 15) is 21.6 Å². The Morgan fingerprint density at radius 1 is 1.38 bits per heavy atom. The molecule has 0 aliphatic carbocycles. The van der Waals surface area contributed by atoms with Crippen LogP contribution in [-0.2, 0) is 10.0 Å². The number of aromatic nitrogens is 1. The number of nitrogens with zero attached hydrogens (tertiary/aromatic N) is 2. The fourth-order valence-electron chi connectivity index (χ4n) is 2.26. The molecule has 1 aliphatic rings. The van der Waals surface area contributed by atoms with Crippen LogP contribution in [0.1, 0.15) is 12.8 Å². The van der Waals surface area contributed by atoms with E-state index in [-0.39, 0.29) is 24.3 Å². The SMILES string of the molecule is CNc1ccc(S(=O)(=O)N2CCCC(C(F)(F)F)C2)cn1. The molecule has 0 bridgehead atoms. The summed E-state index contributed by atoms with van der Waals surface area (Å²) in [7, 11) is -2.30. The molecule has 118 valence electrons. The Bertz CT molecular complexity index is 587. The maximum Gasteiger partial charge on any atom is 0.393 e. The van der Waals surface area contributed by atoms with Crippen LogP contribution in [-0.4, -0.2) is 44.0 Å². The lowest BCUT2D eigenvalue weighted by atomic mass is 9.99. The number of hydrogen-bond donors (Lipinski definition) is 1. The zero-order valence-corrected chi connectivity index (χ0v) is 12.2. The maximum atomic E-state index is 12.8. The highest BCUT2D eigenvalue weighted by molar-refractivity contribution is 7.89. The number of hydrogen-bond acceptors (Lipinski definition) is 4. The van der Waals surface area contributed by atoms with Gasteiger partial charge in [-0.15, -0.1) is 0 Å². The summed E-state index contributed by atoms with van der Waals surface area (Å²) in [6.07, 6.45) is -3.06. The first-order valence-corrected chi connectivity index (χ1v) is 7.90. The Morgan fingerprint density at radius 2 is 2.10 bits per heavy atom. The van der Waals surface area contributed by atoms with Crippen LogP contribution in [0.25, 0.3) is 0 Å². The van der Waals surface area contributed by atoms with Crippen LogP contribution in [0.3, 0.4) is 0 Å². The molecule has 0 radical (unpaired) electrons. The minimum absolute atomic E-state index is 0.0353. The predicted octanol–water partition coefficient (Wildman–Crippen LogP) is 2.09. The zero-order chi connectivity index (χ0) is 15.7. The first-order chi connectivity index (χ1) is 9.75. The van der Waals surface area contributed by atoms with E-state index in [2.05, 4.69) is 10.3 Å². The predicted molar refractivity (Wildman–Crippen MR) is 71.3 cm³/mol. The van der Waals surface area contributed by atoms with Gasteiger partial charge in [-0.1, -0.05) is 0 Å². The molecule has 0 amide bonds. The lowest BCUT2D eigenvalue weighted by Crippen LogP contribution is -2.44. The molecule has 2 rings (SSSR count). The van der Waals surface area contributed by atoms with Crippen LogP contribution < -0.4 is 5.32 Å². The van der Waals surface area contributed by atoms with Crippen molar-refractivity contribution >= 4 is 15.8 Å². The van der Waals surface area contributed by atoms with E-state index in [1.807, 2.05) is 0 Å². The minimum atomic E-state index is -4.37. The smallest absolute Gasteiger partial charge is 0.373 e. The number of sulfonamides is 1. The number of pyridine rings is 1. The molecule has 1 N–H and O–H groups in total. The Morgan fingerprint density at radius 3 is 2.62 bits per heavy atom. The zero-order valence-electron chi connectivity index (χ0n) is 11.4. The molecule has 1 aliphatic heterocycles. The molecule has 1 fully saturated rings. The standard InChI is InChI=1S/C12H16F3N3O2S/c1-16-11-5-4-10(7-17-11)21(19,20)18-6-2-3-9(8-18)12(13,14)15/h4-5,7,9H,2-3,6,8H2,1H3,(H,16,17). The summed E-state index contributed by atoms with van der Waals surface area (Å²) in [6, 6.07) is 2.81. The fraction of sp³-hybridized carbons (Fsp3) is 0.583. The van der Waals surface area contributed by atoms with Gasteiger partial charge in [0.05, 0.1) is 5.92 Å². The quantitative estimate of drug-likeness (QED) is 0.925. The van der Waals surface area contributed by atoms with Crippen molar-refractivity contribution in [3.05, 3.63) is 18.3 Å². The van der Waals surface area contributed by atoms with E-state index >= 15 is 0 Å². The summed E-state index contributed by atoms with van der Waals surface area (Å²) in [5.74, 6) is -1.12. The van der Waals surface area contributed by atoms with Gasteiger partial charge < -0.3 is 5.32 Å². The van der Waals surface area contributed by atoms with Gasteiger partial charge in [0.2, 0.25) is 10.0 Å². The van der Waals surface area contributed by atoms with Gasteiger partial charge in [0, 0.05) is 26.3 Å². The first kappa shape index (κ1) is 16.0. The minimum Gasteiger partial charge on any atom is -0.373 e. The second-order valence-electron chi connectivity index (χ2n) is 4.87. The van der Waals surface area contributed by atoms with Crippen LogP contribution >= 0.6 is 0 Å². The van der Waals surface area contributed by atoms with Crippen LogP contribution in [0.5, 0.6) is 0 Å². The van der Waals surface area contributed by atoms with Crippen molar-refractivity contribution in [2.24, 2.45) is 5.92 Å². The highest BCUT2D eigenvalue weighted by Crippen LogP contribution is 2.34. The van der Waals surface area contributed by atoms with E-state index in [4.69, 9.17) is 0 Å². The van der Waals surface area contributed by atoms with Gasteiger partial charge in [-0.05, 0) is 25.0 Å². The molecule has 1 saturated heterocycles. The summed E-state index contributed by atoms with van der Waals surface area (Å²) in [5, 5.41) is 2.74. The van der Waals surface area contributed by atoms with E-state index in [1.165, 1.54) is 12.1 Å². The number of piperidine rings is 1. The van der Waals surface area contributed by atoms with Crippen molar-refractivity contribution < 1.29 is 21.6 Å². The molecule has 21 heavy (non-hydrogen) atoms. The van der Waals surface area contributed by atoms with Crippen molar-refractivity contribution in [3.63, 3.8) is 0 Å². The van der Waals surface area contributed by atoms with Gasteiger partial charge in [-0.2, -0.15) is 17.5 Å². The van der Waals surface area contributed by atoms with Gasteiger partial charge in [0.25, 0.3) is 0 Å². The van der Waals surface area contributed by atoms with E-state index < -0.39 is 28.7 Å². The Balaban J connectivity index is 2.22. The molecule has 9 heteroatoms. The molecule has 2 heterocycles. The molecular weight excluding hydrogens is 307 g/mol. The molecule has 1 aromatic rings. The Labute approximate surface area is 121 Å². The Kier molecular flexibility index (Phi) is 4.43. The molecule has 5 nitrogen and oxygen atoms in total. The van der Waals surface area contributed by atoms with Crippen LogP contribution in [0, 0.1) is 5.92 Å². The number of rotatable bonds is 3. The van der Waals surface area contributed by atoms with E-state index in [0.29, 0.717) is 5.82 Å². The third-order valence-electron chi connectivity index (χ3n) is 3.48. The highest BCUT2D eigenvalue weighted by Gasteiger charge is 2.44. The summed E-state index contributed by atoms with van der Waals surface area (Å²) < 4.78 is 63.9. The number of halogens is 3. The average molecular weight is 323 g/mol. The lowest BCUT2D eigenvalue weighted by Gasteiger charge is -2.32. The molecule has 1 aromatic heterocycles. The molecule has 1 unspecified atom stereocenters. The van der Waals surface area contributed by atoms with Crippen LogP contribution in [0.2, 0.25) is 0 Å². The summed E-state index contributed by atoms with van der Waals surface area (Å²) in [6.45, 7) is -0.428. The number of alkyl halides is 3. The van der Waals surface area contributed by atoms with Crippen molar-refractivity contribution in [1.82, 2.24) is 9.29 Å². The highest BCUT2D eigenvalue weighted by atomic mass is 32.2. The summed E-state index contributed by atoms with van der Waals surface area (Å²) in [5.41, 5.74) is 0. The van der Waals surface area contributed by atoms with Crippen LogP contribution in [0.15, 0.2) is 23.2 Å². The number of nitrogens with one attached hydrogen (secondary N) is 1.